The zero-order valence-electron chi connectivity index (χ0n) is 12.6. The maximum absolute atomic E-state index is 4.88. The van der Waals surface area contributed by atoms with E-state index in [0.29, 0.717) is 6.04 Å². The summed E-state index contributed by atoms with van der Waals surface area (Å²) >= 11 is 0. The number of rotatable bonds is 2. The van der Waals surface area contributed by atoms with Crippen LogP contribution in [-0.2, 0) is 6.42 Å². The highest BCUT2D eigenvalue weighted by Gasteiger charge is 2.17. The molecule has 22 heavy (non-hydrogen) atoms. The maximum atomic E-state index is 4.88. The Labute approximate surface area is 131 Å². The highest BCUT2D eigenvalue weighted by Crippen LogP contribution is 2.32. The summed E-state index contributed by atoms with van der Waals surface area (Å²) in [6.07, 6.45) is 5.62. The highest BCUT2D eigenvalue weighted by molar-refractivity contribution is 5.90. The summed E-state index contributed by atoms with van der Waals surface area (Å²) in [6.45, 7) is 0. The van der Waals surface area contributed by atoms with Gasteiger partial charge in [0.2, 0.25) is 0 Å². The zero-order chi connectivity index (χ0) is 14.8. The normalized spacial score (nSPS) is 17.7. The summed E-state index contributed by atoms with van der Waals surface area (Å²) in [5.41, 5.74) is 4.06. The van der Waals surface area contributed by atoms with Gasteiger partial charge in [-0.1, -0.05) is 60.7 Å². The van der Waals surface area contributed by atoms with Gasteiger partial charge in [-0.15, -0.1) is 0 Å². The van der Waals surface area contributed by atoms with Crippen molar-refractivity contribution in [3.63, 3.8) is 0 Å². The van der Waals surface area contributed by atoms with Crippen molar-refractivity contribution >= 4 is 17.0 Å². The minimum Gasteiger partial charge on any atom is -0.284 e. The molecule has 0 spiro atoms. The molecule has 0 unspecified atom stereocenters. The first-order valence-electron chi connectivity index (χ1n) is 8.00. The van der Waals surface area contributed by atoms with Crippen LogP contribution in [0.15, 0.2) is 71.7 Å². The van der Waals surface area contributed by atoms with Crippen LogP contribution in [0.1, 0.15) is 35.6 Å². The van der Waals surface area contributed by atoms with Crippen LogP contribution in [0.4, 0.5) is 0 Å². The number of nitrogens with zero attached hydrogens (tertiary/aromatic N) is 1. The van der Waals surface area contributed by atoms with Crippen molar-refractivity contribution in [2.24, 2.45) is 4.99 Å². The van der Waals surface area contributed by atoms with Gasteiger partial charge in [0, 0.05) is 6.21 Å². The molecular weight excluding hydrogens is 266 g/mol. The van der Waals surface area contributed by atoms with Gasteiger partial charge in [-0.2, -0.15) is 0 Å². The molecule has 0 bridgehead atoms. The van der Waals surface area contributed by atoms with Gasteiger partial charge in [0.1, 0.15) is 0 Å². The van der Waals surface area contributed by atoms with E-state index in [0.717, 1.165) is 6.42 Å². The Morgan fingerprint density at radius 2 is 1.68 bits per heavy atom. The van der Waals surface area contributed by atoms with E-state index in [1.807, 2.05) is 6.21 Å². The van der Waals surface area contributed by atoms with Crippen LogP contribution in [0, 0.1) is 0 Å². The fraction of sp³-hybridized carbons (Fsp3) is 0.190. The number of aryl methyl sites for hydroxylation is 1. The van der Waals surface area contributed by atoms with E-state index >= 15 is 0 Å². The van der Waals surface area contributed by atoms with E-state index in [1.165, 1.54) is 40.3 Å². The van der Waals surface area contributed by atoms with Gasteiger partial charge >= 0.3 is 0 Å². The van der Waals surface area contributed by atoms with Gasteiger partial charge in [0.25, 0.3) is 0 Å². The van der Waals surface area contributed by atoms with Crippen LogP contribution in [0.2, 0.25) is 0 Å². The summed E-state index contributed by atoms with van der Waals surface area (Å²) in [4.78, 5) is 4.88. The van der Waals surface area contributed by atoms with E-state index in [4.69, 9.17) is 4.99 Å². The fourth-order valence-electron chi connectivity index (χ4n) is 3.35. The van der Waals surface area contributed by atoms with Crippen molar-refractivity contribution in [3.05, 3.63) is 83.4 Å². The zero-order valence-corrected chi connectivity index (χ0v) is 12.6. The predicted octanol–water partition coefficient (Wildman–Crippen LogP) is 5.34. The molecule has 4 rings (SSSR count). The lowest BCUT2D eigenvalue weighted by Gasteiger charge is -2.22. The van der Waals surface area contributed by atoms with E-state index in [2.05, 4.69) is 66.7 Å². The van der Waals surface area contributed by atoms with E-state index in [9.17, 15) is 0 Å². The number of aliphatic imine (C=N–C) groups is 1. The van der Waals surface area contributed by atoms with Crippen LogP contribution < -0.4 is 0 Å². The van der Waals surface area contributed by atoms with Crippen LogP contribution >= 0.6 is 0 Å². The molecule has 1 aliphatic carbocycles. The third-order valence-electron chi connectivity index (χ3n) is 4.51. The number of fused-ring (bicyclic) bond motifs is 2. The van der Waals surface area contributed by atoms with Gasteiger partial charge in [-0.25, -0.2) is 0 Å². The smallest absolute Gasteiger partial charge is 0.0752 e. The van der Waals surface area contributed by atoms with Crippen molar-refractivity contribution in [3.8, 4) is 0 Å². The lowest BCUT2D eigenvalue weighted by molar-refractivity contribution is 0.574. The van der Waals surface area contributed by atoms with Gasteiger partial charge in [0.15, 0.2) is 0 Å². The molecule has 0 N–H and O–H groups in total. The average molecular weight is 285 g/mol. The van der Waals surface area contributed by atoms with Crippen molar-refractivity contribution < 1.29 is 0 Å². The topological polar surface area (TPSA) is 12.4 Å². The molecular formula is C21H19N. The Bertz CT molecular complexity index is 832. The minimum atomic E-state index is 0.316. The molecule has 0 saturated carbocycles. The van der Waals surface area contributed by atoms with Crippen molar-refractivity contribution in [1.29, 1.82) is 0 Å². The minimum absolute atomic E-state index is 0.316. The van der Waals surface area contributed by atoms with Gasteiger partial charge in [0.05, 0.1) is 6.04 Å². The standard InChI is InChI=1S/C21H19N/c1-2-8-19-14-16(12-13-17(19)6-1)15-22-21-11-5-9-18-7-3-4-10-20(18)21/h1-4,6-8,10,12-15,21H,5,9,11H2/t21-/m0/s1. The lowest BCUT2D eigenvalue weighted by Crippen LogP contribution is -2.07. The van der Waals surface area contributed by atoms with E-state index in [1.54, 1.807) is 0 Å². The molecule has 1 heteroatoms. The monoisotopic (exact) mass is 285 g/mol. The third kappa shape index (κ3) is 2.55. The lowest BCUT2D eigenvalue weighted by atomic mass is 9.88. The Hall–Kier alpha value is -2.41. The van der Waals surface area contributed by atoms with Crippen LogP contribution in [0.3, 0.4) is 0 Å². The van der Waals surface area contributed by atoms with Crippen LogP contribution in [0.25, 0.3) is 10.8 Å². The van der Waals surface area contributed by atoms with Crippen LogP contribution in [-0.4, -0.2) is 6.21 Å². The van der Waals surface area contributed by atoms with E-state index < -0.39 is 0 Å². The third-order valence-corrected chi connectivity index (χ3v) is 4.51. The highest BCUT2D eigenvalue weighted by atomic mass is 14.8. The molecule has 1 atom stereocenters. The molecule has 1 nitrogen and oxygen atoms in total. The molecule has 3 aromatic rings. The Balaban J connectivity index is 1.64. The summed E-state index contributed by atoms with van der Waals surface area (Å²) in [7, 11) is 0. The average Bonchev–Trinajstić information content (AvgIpc) is 2.60. The van der Waals surface area contributed by atoms with Crippen LogP contribution in [0.5, 0.6) is 0 Å². The van der Waals surface area contributed by atoms with Crippen molar-refractivity contribution in [2.45, 2.75) is 25.3 Å². The second kappa shape index (κ2) is 5.76. The molecule has 0 saturated heterocycles. The Morgan fingerprint density at radius 1 is 0.864 bits per heavy atom. The quantitative estimate of drug-likeness (QED) is 0.564. The van der Waals surface area contributed by atoms with E-state index in [-0.39, 0.29) is 0 Å². The second-order valence-corrected chi connectivity index (χ2v) is 5.99. The molecule has 3 aromatic carbocycles. The van der Waals surface area contributed by atoms with Gasteiger partial charge < -0.3 is 0 Å². The largest absolute Gasteiger partial charge is 0.284 e. The maximum Gasteiger partial charge on any atom is 0.0752 e. The molecule has 0 aliphatic heterocycles. The Morgan fingerprint density at radius 3 is 2.64 bits per heavy atom. The summed E-state index contributed by atoms with van der Waals surface area (Å²) in [5, 5.41) is 2.55. The SMILES string of the molecule is C(=N[C@H]1CCCc2ccccc21)c1ccc2ccccc2c1. The molecule has 108 valence electrons. The number of hydrogen-bond donors (Lipinski definition) is 0. The van der Waals surface area contributed by atoms with Gasteiger partial charge in [-0.3, -0.25) is 4.99 Å². The van der Waals surface area contributed by atoms with Crippen molar-refractivity contribution in [2.75, 3.05) is 0 Å². The summed E-state index contributed by atoms with van der Waals surface area (Å²) < 4.78 is 0. The number of benzene rings is 3. The number of hydrogen-bond acceptors (Lipinski definition) is 1. The molecule has 0 amide bonds. The fourth-order valence-corrected chi connectivity index (χ4v) is 3.35. The Kier molecular flexibility index (Phi) is 3.48. The summed E-state index contributed by atoms with van der Waals surface area (Å²) in [5.74, 6) is 0. The first-order chi connectivity index (χ1) is 10.9. The van der Waals surface area contributed by atoms with Crippen molar-refractivity contribution in [1.82, 2.24) is 0 Å². The first kappa shape index (κ1) is 13.3. The first-order valence-corrected chi connectivity index (χ1v) is 8.00. The predicted molar refractivity (Wildman–Crippen MR) is 93.7 cm³/mol. The second-order valence-electron chi connectivity index (χ2n) is 5.99. The molecule has 0 radical (unpaired) electrons. The molecule has 0 fully saturated rings. The molecule has 0 aromatic heterocycles. The summed E-state index contributed by atoms with van der Waals surface area (Å²) in [6, 6.07) is 24.1. The molecule has 1 aliphatic rings. The molecule has 0 heterocycles. The van der Waals surface area contributed by atoms with Gasteiger partial charge in [-0.05, 0) is 52.8 Å².